The van der Waals surface area contributed by atoms with E-state index in [1.54, 1.807) is 25.7 Å². The summed E-state index contributed by atoms with van der Waals surface area (Å²) in [7, 11) is 0. The van der Waals surface area contributed by atoms with Crippen molar-refractivity contribution in [2.24, 2.45) is 5.92 Å². The van der Waals surface area contributed by atoms with E-state index in [9.17, 15) is 14.4 Å². The molecule has 0 heterocycles. The molecule has 0 fully saturated rings. The zero-order valence-corrected chi connectivity index (χ0v) is 28.2. The van der Waals surface area contributed by atoms with Gasteiger partial charge in [0.15, 0.2) is 0 Å². The van der Waals surface area contributed by atoms with Gasteiger partial charge in [-0.2, -0.15) is 0 Å². The predicted octanol–water partition coefficient (Wildman–Crippen LogP) is 8.34. The molecule has 3 unspecified atom stereocenters. The van der Waals surface area contributed by atoms with Crippen LogP contribution in [-0.2, 0) is 14.3 Å². The Morgan fingerprint density at radius 2 is 1.44 bits per heavy atom. The highest BCUT2D eigenvalue weighted by Gasteiger charge is 2.38. The molecule has 0 aliphatic heterocycles. The summed E-state index contributed by atoms with van der Waals surface area (Å²) in [6.45, 7) is 19.8. The maximum atomic E-state index is 14.6. The molecular formula is C36H55N3O4. The quantitative estimate of drug-likeness (QED) is 0.216. The van der Waals surface area contributed by atoms with Gasteiger partial charge in [-0.3, -0.25) is 9.59 Å². The molecule has 0 saturated heterocycles. The van der Waals surface area contributed by atoms with Crippen LogP contribution in [0.25, 0.3) is 0 Å². The number of hydrogen-bond donors (Lipinski definition) is 2. The molecule has 2 N–H and O–H groups in total. The summed E-state index contributed by atoms with van der Waals surface area (Å²) in [5.41, 5.74) is 4.74. The molecule has 7 nitrogen and oxygen atoms in total. The Morgan fingerprint density at radius 1 is 0.860 bits per heavy atom. The lowest BCUT2D eigenvalue weighted by atomic mass is 9.92. The van der Waals surface area contributed by atoms with Crippen molar-refractivity contribution in [3.8, 4) is 0 Å². The van der Waals surface area contributed by atoms with Gasteiger partial charge in [0.1, 0.15) is 17.7 Å². The Balaban J connectivity index is 2.65. The number of hydrogen-bond acceptors (Lipinski definition) is 4. The van der Waals surface area contributed by atoms with Gasteiger partial charge in [0.2, 0.25) is 5.91 Å². The van der Waals surface area contributed by atoms with Crippen LogP contribution in [0.5, 0.6) is 0 Å². The molecule has 238 valence electrons. The number of anilines is 1. The fourth-order valence-electron chi connectivity index (χ4n) is 5.27. The number of amides is 3. The van der Waals surface area contributed by atoms with Crippen molar-refractivity contribution < 1.29 is 19.1 Å². The molecule has 0 aliphatic carbocycles. The minimum atomic E-state index is -0.885. The Hall–Kier alpha value is -3.35. The summed E-state index contributed by atoms with van der Waals surface area (Å²) in [5.74, 6) is -0.727. The highest BCUT2D eigenvalue weighted by Crippen LogP contribution is 2.31. The van der Waals surface area contributed by atoms with E-state index >= 15 is 0 Å². The Bertz CT molecular complexity index is 1210. The predicted molar refractivity (Wildman–Crippen MR) is 176 cm³/mol. The van der Waals surface area contributed by atoms with Gasteiger partial charge in [-0.05, 0) is 88.6 Å². The third-order valence-corrected chi connectivity index (χ3v) is 8.17. The number of benzene rings is 2. The van der Waals surface area contributed by atoms with Crippen LogP contribution in [0.15, 0.2) is 36.4 Å². The van der Waals surface area contributed by atoms with E-state index < -0.39 is 23.8 Å². The first kappa shape index (κ1) is 35.8. The van der Waals surface area contributed by atoms with Crippen molar-refractivity contribution in [1.29, 1.82) is 0 Å². The molecule has 2 aromatic carbocycles. The van der Waals surface area contributed by atoms with Crippen LogP contribution in [0, 0.1) is 33.6 Å². The molecule has 2 rings (SSSR count). The fourth-order valence-corrected chi connectivity index (χ4v) is 5.27. The van der Waals surface area contributed by atoms with Crippen LogP contribution in [-0.4, -0.2) is 41.0 Å². The number of unbranched alkanes of at least 4 members (excludes halogenated alkanes) is 4. The molecule has 0 aromatic heterocycles. The zero-order chi connectivity index (χ0) is 32.3. The summed E-state index contributed by atoms with van der Waals surface area (Å²) < 4.78 is 5.55. The second kappa shape index (κ2) is 16.5. The highest BCUT2D eigenvalue weighted by atomic mass is 16.6. The van der Waals surface area contributed by atoms with Crippen LogP contribution in [0.2, 0.25) is 0 Å². The first-order chi connectivity index (χ1) is 20.2. The van der Waals surface area contributed by atoms with Gasteiger partial charge in [-0.25, -0.2) is 4.79 Å². The lowest BCUT2D eigenvalue weighted by Gasteiger charge is -2.37. The minimum absolute atomic E-state index is 0.177. The monoisotopic (exact) mass is 593 g/mol. The topological polar surface area (TPSA) is 87.7 Å². The molecule has 0 spiro atoms. The van der Waals surface area contributed by atoms with Crippen molar-refractivity contribution >= 4 is 23.6 Å². The lowest BCUT2D eigenvalue weighted by molar-refractivity contribution is -0.142. The molecule has 0 saturated carbocycles. The number of aryl methyl sites for hydroxylation is 3. The van der Waals surface area contributed by atoms with Crippen molar-refractivity contribution in [2.45, 2.75) is 125 Å². The van der Waals surface area contributed by atoms with Crippen molar-refractivity contribution in [3.05, 3.63) is 64.2 Å². The number of alkyl carbamates (subject to hydrolysis) is 1. The maximum absolute atomic E-state index is 14.6. The molecule has 7 heteroatoms. The van der Waals surface area contributed by atoms with Crippen LogP contribution in [0.3, 0.4) is 0 Å². The maximum Gasteiger partial charge on any atom is 0.408 e. The third kappa shape index (κ3) is 10.4. The first-order valence-corrected chi connectivity index (χ1v) is 15.9. The van der Waals surface area contributed by atoms with Crippen LogP contribution in [0.1, 0.15) is 114 Å². The summed E-state index contributed by atoms with van der Waals surface area (Å²) in [6.07, 6.45) is 5.02. The first-order valence-electron chi connectivity index (χ1n) is 15.9. The SMILES string of the molecule is CCCCCCCN(C(=O)C(NC(=O)OC(C)(C)C)C(C)CC)C(C(=O)Nc1c(C)cccc1C)c1cccc(C)c1C. The van der Waals surface area contributed by atoms with Crippen molar-refractivity contribution in [1.82, 2.24) is 10.2 Å². The number of carbonyl (C=O) groups is 3. The van der Waals surface area contributed by atoms with E-state index in [0.29, 0.717) is 13.0 Å². The largest absolute Gasteiger partial charge is 0.444 e. The van der Waals surface area contributed by atoms with E-state index in [4.69, 9.17) is 4.74 Å². The average molecular weight is 594 g/mol. The summed E-state index contributed by atoms with van der Waals surface area (Å²) >= 11 is 0. The van der Waals surface area contributed by atoms with Crippen molar-refractivity contribution in [2.75, 3.05) is 11.9 Å². The Kier molecular flexibility index (Phi) is 13.7. The summed E-state index contributed by atoms with van der Waals surface area (Å²) in [4.78, 5) is 43.7. The van der Waals surface area contributed by atoms with Gasteiger partial charge >= 0.3 is 6.09 Å². The van der Waals surface area contributed by atoms with Gasteiger partial charge in [-0.15, -0.1) is 0 Å². The molecule has 2 aromatic rings. The molecule has 3 atom stereocenters. The standard InChI is InChI=1S/C36H55N3O4/c1-11-13-14-15-16-23-39(34(41)31(24(3)12-2)38-35(42)43-36(8,9)10)32(29-22-18-19-25(4)28(29)7)33(40)37-30-26(5)20-17-21-27(30)6/h17-22,24,31-32H,11-16,23H2,1-10H3,(H,37,40)(H,38,42). The summed E-state index contributed by atoms with van der Waals surface area (Å²) in [5, 5.41) is 6.05. The smallest absolute Gasteiger partial charge is 0.408 e. The number of nitrogens with zero attached hydrogens (tertiary/aromatic N) is 1. The van der Waals surface area contributed by atoms with E-state index in [1.165, 1.54) is 0 Å². The Morgan fingerprint density at radius 3 is 2.02 bits per heavy atom. The average Bonchev–Trinajstić information content (AvgIpc) is 2.93. The second-order valence-corrected chi connectivity index (χ2v) is 12.9. The van der Waals surface area contributed by atoms with Gasteiger partial charge in [0.05, 0.1) is 0 Å². The highest BCUT2D eigenvalue weighted by molar-refractivity contribution is 6.00. The van der Waals surface area contributed by atoms with Gasteiger partial charge in [-0.1, -0.05) is 89.3 Å². The van der Waals surface area contributed by atoms with Gasteiger partial charge in [0.25, 0.3) is 5.91 Å². The molecular weight excluding hydrogens is 538 g/mol. The second-order valence-electron chi connectivity index (χ2n) is 12.9. The normalized spacial score (nSPS) is 13.5. The number of ether oxygens (including phenoxy) is 1. The fraction of sp³-hybridized carbons (Fsp3) is 0.583. The molecule has 0 radical (unpaired) electrons. The van der Waals surface area contributed by atoms with E-state index in [0.717, 1.165) is 65.6 Å². The van der Waals surface area contributed by atoms with Crippen molar-refractivity contribution in [3.63, 3.8) is 0 Å². The van der Waals surface area contributed by atoms with Crippen LogP contribution < -0.4 is 10.6 Å². The molecule has 0 bridgehead atoms. The van der Waals surface area contributed by atoms with Gasteiger partial charge < -0.3 is 20.3 Å². The van der Waals surface area contributed by atoms with E-state index in [2.05, 4.69) is 17.6 Å². The number of para-hydroxylation sites is 1. The minimum Gasteiger partial charge on any atom is -0.444 e. The number of rotatable bonds is 14. The van der Waals surface area contributed by atoms with E-state index in [-0.39, 0.29) is 17.7 Å². The zero-order valence-electron chi connectivity index (χ0n) is 28.2. The lowest BCUT2D eigenvalue weighted by Crippen LogP contribution is -2.55. The molecule has 0 aliphatic rings. The number of carbonyl (C=O) groups excluding carboxylic acids is 3. The Labute approximate surface area is 260 Å². The summed E-state index contributed by atoms with van der Waals surface area (Å²) in [6, 6.07) is 10.1. The van der Waals surface area contributed by atoms with Crippen LogP contribution >= 0.6 is 0 Å². The van der Waals surface area contributed by atoms with E-state index in [1.807, 2.05) is 77.9 Å². The van der Waals surface area contributed by atoms with Gasteiger partial charge in [0, 0.05) is 12.2 Å². The molecule has 43 heavy (non-hydrogen) atoms. The van der Waals surface area contributed by atoms with Crippen LogP contribution in [0.4, 0.5) is 10.5 Å². The third-order valence-electron chi connectivity index (χ3n) is 8.17. The number of nitrogens with one attached hydrogen (secondary N) is 2. The molecule has 3 amide bonds.